The first-order chi connectivity index (χ1) is 8.42. The summed E-state index contributed by atoms with van der Waals surface area (Å²) in [6.45, 7) is 5.01. The van der Waals surface area contributed by atoms with Crippen molar-refractivity contribution < 1.29 is 4.74 Å². The molecule has 0 aromatic carbocycles. The van der Waals surface area contributed by atoms with Crippen LogP contribution >= 0.6 is 11.3 Å². The number of thiophene rings is 1. The van der Waals surface area contributed by atoms with Crippen LogP contribution in [0.5, 0.6) is 0 Å². The van der Waals surface area contributed by atoms with Gasteiger partial charge in [-0.3, -0.25) is 0 Å². The summed E-state index contributed by atoms with van der Waals surface area (Å²) in [6, 6.07) is 5.01. The Bertz CT molecular complexity index is 295. The summed E-state index contributed by atoms with van der Waals surface area (Å²) in [5.41, 5.74) is 0. The van der Waals surface area contributed by atoms with E-state index in [9.17, 15) is 0 Å². The van der Waals surface area contributed by atoms with Crippen LogP contribution in [-0.4, -0.2) is 19.8 Å². The molecule has 1 fully saturated rings. The SMILES string of the molecule is CCCOCCCNC(c1cccs1)C1CC1. The molecule has 0 bridgehead atoms. The molecule has 1 N–H and O–H groups in total. The zero-order chi connectivity index (χ0) is 11.9. The topological polar surface area (TPSA) is 21.3 Å². The predicted molar refractivity (Wildman–Crippen MR) is 73.5 cm³/mol. The Hall–Kier alpha value is -0.380. The molecule has 0 amide bonds. The molecule has 1 heterocycles. The third-order valence-corrected chi connectivity index (χ3v) is 4.08. The number of hydrogen-bond acceptors (Lipinski definition) is 3. The highest BCUT2D eigenvalue weighted by atomic mass is 32.1. The third kappa shape index (κ3) is 4.41. The van der Waals surface area contributed by atoms with Crippen molar-refractivity contribution >= 4 is 11.3 Å². The van der Waals surface area contributed by atoms with Crippen molar-refractivity contribution in [1.82, 2.24) is 5.32 Å². The summed E-state index contributed by atoms with van der Waals surface area (Å²) in [6.07, 6.45) is 5.02. The largest absolute Gasteiger partial charge is 0.381 e. The molecule has 1 aromatic rings. The van der Waals surface area contributed by atoms with Gasteiger partial charge in [-0.05, 0) is 49.6 Å². The number of ether oxygens (including phenoxy) is 1. The monoisotopic (exact) mass is 253 g/mol. The van der Waals surface area contributed by atoms with Gasteiger partial charge >= 0.3 is 0 Å². The minimum atomic E-state index is 0.598. The van der Waals surface area contributed by atoms with Gasteiger partial charge in [0.2, 0.25) is 0 Å². The molecule has 3 heteroatoms. The van der Waals surface area contributed by atoms with E-state index in [-0.39, 0.29) is 0 Å². The Morgan fingerprint density at radius 3 is 3.00 bits per heavy atom. The molecule has 0 radical (unpaired) electrons. The maximum atomic E-state index is 5.49. The van der Waals surface area contributed by atoms with Gasteiger partial charge in [-0.1, -0.05) is 13.0 Å². The Kier molecular flexibility index (Phi) is 5.49. The predicted octanol–water partition coefficient (Wildman–Crippen LogP) is 3.61. The zero-order valence-electron chi connectivity index (χ0n) is 10.7. The van der Waals surface area contributed by atoms with Crippen molar-refractivity contribution in [3.05, 3.63) is 22.4 Å². The summed E-state index contributed by atoms with van der Waals surface area (Å²) >= 11 is 1.88. The average Bonchev–Trinajstić information content (AvgIpc) is 3.03. The molecule has 1 aliphatic rings. The number of nitrogens with one attached hydrogen (secondary N) is 1. The molecule has 2 nitrogen and oxygen atoms in total. The first-order valence-corrected chi connectivity index (χ1v) is 7.64. The molecule has 0 spiro atoms. The maximum Gasteiger partial charge on any atom is 0.0478 e. The molecular formula is C14H23NOS. The minimum absolute atomic E-state index is 0.598. The molecule has 1 aliphatic carbocycles. The van der Waals surface area contributed by atoms with E-state index in [4.69, 9.17) is 4.74 Å². The van der Waals surface area contributed by atoms with Crippen molar-refractivity contribution in [2.24, 2.45) is 5.92 Å². The van der Waals surface area contributed by atoms with E-state index in [2.05, 4.69) is 29.8 Å². The van der Waals surface area contributed by atoms with Crippen LogP contribution in [-0.2, 0) is 4.74 Å². The highest BCUT2D eigenvalue weighted by Crippen LogP contribution is 2.42. The van der Waals surface area contributed by atoms with Crippen LogP contribution in [0.3, 0.4) is 0 Å². The van der Waals surface area contributed by atoms with Crippen molar-refractivity contribution in [3.8, 4) is 0 Å². The molecule has 1 aromatic heterocycles. The van der Waals surface area contributed by atoms with Gasteiger partial charge in [0.25, 0.3) is 0 Å². The lowest BCUT2D eigenvalue weighted by atomic mass is 10.1. The van der Waals surface area contributed by atoms with Crippen LogP contribution in [0.25, 0.3) is 0 Å². The Labute approximate surface area is 108 Å². The maximum absolute atomic E-state index is 5.49. The third-order valence-electron chi connectivity index (χ3n) is 3.12. The second-order valence-electron chi connectivity index (χ2n) is 4.75. The van der Waals surface area contributed by atoms with Crippen LogP contribution in [0, 0.1) is 5.92 Å². The van der Waals surface area contributed by atoms with E-state index in [1.807, 2.05) is 11.3 Å². The van der Waals surface area contributed by atoms with Crippen molar-refractivity contribution in [2.45, 2.75) is 38.6 Å². The standard InChI is InChI=1S/C14H23NOS/c1-2-9-16-10-4-8-15-14(12-6-7-12)13-5-3-11-17-13/h3,5,11-12,14-15H,2,4,6-10H2,1H3. The smallest absolute Gasteiger partial charge is 0.0478 e. The number of hydrogen-bond donors (Lipinski definition) is 1. The van der Waals surface area contributed by atoms with Gasteiger partial charge in [0, 0.05) is 24.1 Å². The summed E-state index contributed by atoms with van der Waals surface area (Å²) in [5.74, 6) is 0.880. The van der Waals surface area contributed by atoms with Gasteiger partial charge in [-0.15, -0.1) is 11.3 Å². The van der Waals surface area contributed by atoms with Gasteiger partial charge in [-0.25, -0.2) is 0 Å². The summed E-state index contributed by atoms with van der Waals surface area (Å²) in [5, 5.41) is 5.87. The fourth-order valence-electron chi connectivity index (χ4n) is 2.08. The van der Waals surface area contributed by atoms with Gasteiger partial charge in [0.15, 0.2) is 0 Å². The fourth-order valence-corrected chi connectivity index (χ4v) is 2.97. The number of rotatable bonds is 9. The van der Waals surface area contributed by atoms with E-state index in [0.717, 1.165) is 38.5 Å². The lowest BCUT2D eigenvalue weighted by Crippen LogP contribution is -2.24. The molecule has 1 atom stereocenters. The minimum Gasteiger partial charge on any atom is -0.381 e. The average molecular weight is 253 g/mol. The normalized spacial score (nSPS) is 17.2. The molecule has 2 rings (SSSR count). The summed E-state index contributed by atoms with van der Waals surface area (Å²) in [7, 11) is 0. The zero-order valence-corrected chi connectivity index (χ0v) is 11.5. The Balaban J connectivity index is 1.65. The van der Waals surface area contributed by atoms with Gasteiger partial charge in [0.05, 0.1) is 0 Å². The van der Waals surface area contributed by atoms with Crippen LogP contribution in [0.2, 0.25) is 0 Å². The highest BCUT2D eigenvalue weighted by molar-refractivity contribution is 7.10. The molecule has 17 heavy (non-hydrogen) atoms. The quantitative estimate of drug-likeness (QED) is 0.679. The molecule has 1 unspecified atom stereocenters. The van der Waals surface area contributed by atoms with E-state index >= 15 is 0 Å². The van der Waals surface area contributed by atoms with Crippen molar-refractivity contribution in [3.63, 3.8) is 0 Å². The van der Waals surface area contributed by atoms with Crippen LogP contribution in [0.1, 0.15) is 43.5 Å². The molecule has 1 saturated carbocycles. The van der Waals surface area contributed by atoms with Crippen LogP contribution in [0.15, 0.2) is 17.5 Å². The van der Waals surface area contributed by atoms with E-state index in [0.29, 0.717) is 6.04 Å². The second kappa shape index (κ2) is 7.14. The van der Waals surface area contributed by atoms with E-state index in [1.54, 1.807) is 0 Å². The van der Waals surface area contributed by atoms with Crippen molar-refractivity contribution in [1.29, 1.82) is 0 Å². The fraction of sp³-hybridized carbons (Fsp3) is 0.714. The Morgan fingerprint density at radius 2 is 2.35 bits per heavy atom. The first kappa shape index (κ1) is 13.1. The van der Waals surface area contributed by atoms with Crippen LogP contribution in [0.4, 0.5) is 0 Å². The van der Waals surface area contributed by atoms with E-state index in [1.165, 1.54) is 17.7 Å². The summed E-state index contributed by atoms with van der Waals surface area (Å²) < 4.78 is 5.49. The van der Waals surface area contributed by atoms with Gasteiger partial charge < -0.3 is 10.1 Å². The molecular weight excluding hydrogens is 230 g/mol. The summed E-state index contributed by atoms with van der Waals surface area (Å²) in [4.78, 5) is 1.50. The lowest BCUT2D eigenvalue weighted by Gasteiger charge is -2.16. The molecule has 0 saturated heterocycles. The van der Waals surface area contributed by atoms with Gasteiger partial charge in [0.1, 0.15) is 0 Å². The van der Waals surface area contributed by atoms with Gasteiger partial charge in [-0.2, -0.15) is 0 Å². The molecule has 0 aliphatic heterocycles. The highest BCUT2D eigenvalue weighted by Gasteiger charge is 2.32. The van der Waals surface area contributed by atoms with Crippen molar-refractivity contribution in [2.75, 3.05) is 19.8 Å². The lowest BCUT2D eigenvalue weighted by molar-refractivity contribution is 0.131. The first-order valence-electron chi connectivity index (χ1n) is 6.76. The van der Waals surface area contributed by atoms with Crippen LogP contribution < -0.4 is 5.32 Å². The Morgan fingerprint density at radius 1 is 1.47 bits per heavy atom. The second-order valence-corrected chi connectivity index (χ2v) is 5.73. The van der Waals surface area contributed by atoms with E-state index < -0.39 is 0 Å². The molecule has 96 valence electrons.